The molecular weight excluding hydrogens is 220 g/mol. The van der Waals surface area contributed by atoms with Gasteiger partial charge in [0.15, 0.2) is 0 Å². The van der Waals surface area contributed by atoms with Crippen LogP contribution in [0.5, 0.6) is 0 Å². The predicted octanol–water partition coefficient (Wildman–Crippen LogP) is 2.81. The van der Waals surface area contributed by atoms with Crippen molar-refractivity contribution in [3.8, 4) is 0 Å². The van der Waals surface area contributed by atoms with E-state index in [0.717, 1.165) is 25.4 Å². The molecule has 4 nitrogen and oxygen atoms in total. The van der Waals surface area contributed by atoms with Crippen molar-refractivity contribution < 1.29 is 8.85 Å². The molecule has 0 bridgehead atoms. The summed E-state index contributed by atoms with van der Waals surface area (Å²) < 4.78 is 11.4. The highest BCUT2D eigenvalue weighted by Gasteiger charge is 2.40. The van der Waals surface area contributed by atoms with E-state index in [4.69, 9.17) is 14.6 Å². The molecule has 0 saturated carbocycles. The average molecular weight is 250 g/mol. The average Bonchev–Trinajstić information content (AvgIpc) is 2.28. The van der Waals surface area contributed by atoms with Gasteiger partial charge in [0.2, 0.25) is 0 Å². The maximum Gasteiger partial charge on any atom is 0.340 e. The second-order valence-corrected chi connectivity index (χ2v) is 8.08. The third-order valence-electron chi connectivity index (χ3n) is 3.16. The summed E-state index contributed by atoms with van der Waals surface area (Å²) in [6.07, 6.45) is 4.58. The topological polar surface area (TPSA) is 79.5 Å². The van der Waals surface area contributed by atoms with E-state index < -0.39 is 8.56 Å². The van der Waals surface area contributed by atoms with Gasteiger partial charge in [-0.15, -0.1) is 0 Å². The Balaban J connectivity index is 0. The molecule has 100 valence electrons. The molecule has 5 N–H and O–H groups in total. The summed E-state index contributed by atoms with van der Waals surface area (Å²) in [7, 11) is 1.63. The SMILES string of the molecule is CCCC[Si](OC)(OC)C(C)CCCN.N. The lowest BCUT2D eigenvalue weighted by molar-refractivity contribution is 0.226. The van der Waals surface area contributed by atoms with Gasteiger partial charge in [0, 0.05) is 14.2 Å². The van der Waals surface area contributed by atoms with Crippen LogP contribution in [0.15, 0.2) is 0 Å². The van der Waals surface area contributed by atoms with Crippen molar-refractivity contribution in [1.82, 2.24) is 6.15 Å². The molecule has 0 aromatic heterocycles. The molecule has 0 aromatic carbocycles. The summed E-state index contributed by atoms with van der Waals surface area (Å²) in [5.41, 5.74) is 6.07. The lowest BCUT2D eigenvalue weighted by Gasteiger charge is -2.33. The Morgan fingerprint density at radius 3 is 2.12 bits per heavy atom. The van der Waals surface area contributed by atoms with Gasteiger partial charge in [0.05, 0.1) is 0 Å². The number of nitrogens with two attached hydrogens (primary N) is 1. The van der Waals surface area contributed by atoms with Gasteiger partial charge in [-0.05, 0) is 31.0 Å². The molecule has 0 spiro atoms. The van der Waals surface area contributed by atoms with Gasteiger partial charge in [-0.1, -0.05) is 26.7 Å². The van der Waals surface area contributed by atoms with Crippen LogP contribution in [-0.2, 0) is 8.85 Å². The van der Waals surface area contributed by atoms with Gasteiger partial charge < -0.3 is 20.7 Å². The molecular formula is C11H30N2O2Si. The van der Waals surface area contributed by atoms with Crippen molar-refractivity contribution in [2.24, 2.45) is 5.73 Å². The Morgan fingerprint density at radius 1 is 1.19 bits per heavy atom. The van der Waals surface area contributed by atoms with Crippen LogP contribution in [0.4, 0.5) is 0 Å². The number of rotatable bonds is 9. The molecule has 0 aromatic rings. The Labute approximate surface area is 102 Å². The Hall–Kier alpha value is 0.0569. The second kappa shape index (κ2) is 10.2. The lowest BCUT2D eigenvalue weighted by Crippen LogP contribution is -2.44. The van der Waals surface area contributed by atoms with E-state index in [9.17, 15) is 0 Å². The van der Waals surface area contributed by atoms with E-state index in [2.05, 4.69) is 13.8 Å². The normalized spacial score (nSPS) is 13.3. The first kappa shape index (κ1) is 18.4. The van der Waals surface area contributed by atoms with E-state index >= 15 is 0 Å². The number of hydrogen-bond acceptors (Lipinski definition) is 4. The quantitative estimate of drug-likeness (QED) is 0.617. The molecule has 0 aliphatic carbocycles. The molecule has 16 heavy (non-hydrogen) atoms. The van der Waals surface area contributed by atoms with Crippen LogP contribution in [0, 0.1) is 0 Å². The van der Waals surface area contributed by atoms with Crippen molar-refractivity contribution in [2.45, 2.75) is 51.1 Å². The minimum atomic E-state index is -1.96. The first-order chi connectivity index (χ1) is 7.16. The van der Waals surface area contributed by atoms with Crippen molar-refractivity contribution in [3.05, 3.63) is 0 Å². The monoisotopic (exact) mass is 250 g/mol. The van der Waals surface area contributed by atoms with Gasteiger partial charge in [-0.3, -0.25) is 0 Å². The van der Waals surface area contributed by atoms with Gasteiger partial charge in [0.25, 0.3) is 0 Å². The van der Waals surface area contributed by atoms with E-state index in [-0.39, 0.29) is 6.15 Å². The van der Waals surface area contributed by atoms with Crippen LogP contribution < -0.4 is 11.9 Å². The minimum Gasteiger partial charge on any atom is -0.397 e. The van der Waals surface area contributed by atoms with E-state index in [1.807, 2.05) is 0 Å². The molecule has 0 saturated heterocycles. The molecule has 0 heterocycles. The maximum absolute atomic E-state index is 5.72. The van der Waals surface area contributed by atoms with E-state index in [1.165, 1.54) is 12.8 Å². The maximum atomic E-state index is 5.72. The third kappa shape index (κ3) is 5.40. The predicted molar refractivity (Wildman–Crippen MR) is 72.2 cm³/mol. The van der Waals surface area contributed by atoms with Crippen LogP contribution in [0.25, 0.3) is 0 Å². The van der Waals surface area contributed by atoms with Crippen LogP contribution in [0.1, 0.15) is 39.5 Å². The first-order valence-corrected chi connectivity index (χ1v) is 8.07. The molecule has 0 radical (unpaired) electrons. The largest absolute Gasteiger partial charge is 0.397 e. The minimum absolute atomic E-state index is 0. The molecule has 0 rings (SSSR count). The standard InChI is InChI=1S/C11H27NO2Si.H3N/c1-5-6-10-15(13-3,14-4)11(2)8-7-9-12;/h11H,5-10,12H2,1-4H3;1H3. The van der Waals surface area contributed by atoms with Crippen LogP contribution in [-0.4, -0.2) is 29.3 Å². The van der Waals surface area contributed by atoms with Crippen molar-refractivity contribution >= 4 is 8.56 Å². The summed E-state index contributed by atoms with van der Waals surface area (Å²) in [5.74, 6) is 0. The van der Waals surface area contributed by atoms with Crippen LogP contribution in [0.2, 0.25) is 11.6 Å². The Bertz CT molecular complexity index is 155. The van der Waals surface area contributed by atoms with E-state index in [1.54, 1.807) is 14.2 Å². The van der Waals surface area contributed by atoms with E-state index in [0.29, 0.717) is 5.54 Å². The summed E-state index contributed by atoms with van der Waals surface area (Å²) >= 11 is 0. The molecule has 1 atom stereocenters. The van der Waals surface area contributed by atoms with Crippen LogP contribution >= 0.6 is 0 Å². The molecule has 5 heteroatoms. The molecule has 0 aliphatic rings. The lowest BCUT2D eigenvalue weighted by atomic mass is 10.2. The molecule has 0 amide bonds. The highest BCUT2D eigenvalue weighted by atomic mass is 28.4. The highest BCUT2D eigenvalue weighted by Crippen LogP contribution is 2.32. The smallest absolute Gasteiger partial charge is 0.340 e. The Kier molecular flexibility index (Phi) is 11.8. The summed E-state index contributed by atoms with van der Waals surface area (Å²) in [4.78, 5) is 0. The van der Waals surface area contributed by atoms with Crippen LogP contribution in [0.3, 0.4) is 0 Å². The Morgan fingerprint density at radius 2 is 1.75 bits per heavy atom. The first-order valence-electron chi connectivity index (χ1n) is 5.97. The fourth-order valence-electron chi connectivity index (χ4n) is 2.00. The van der Waals surface area contributed by atoms with Gasteiger partial charge >= 0.3 is 8.56 Å². The van der Waals surface area contributed by atoms with Gasteiger partial charge in [0.1, 0.15) is 0 Å². The second-order valence-electron chi connectivity index (χ2n) is 4.16. The van der Waals surface area contributed by atoms with Gasteiger partial charge in [-0.2, -0.15) is 0 Å². The summed E-state index contributed by atoms with van der Waals surface area (Å²) in [6.45, 7) is 5.20. The molecule has 1 unspecified atom stereocenters. The highest BCUT2D eigenvalue weighted by molar-refractivity contribution is 6.68. The van der Waals surface area contributed by atoms with Crippen molar-refractivity contribution in [2.75, 3.05) is 20.8 Å². The fourth-order valence-corrected chi connectivity index (χ4v) is 5.37. The summed E-state index contributed by atoms with van der Waals surface area (Å²) in [5, 5.41) is 0. The summed E-state index contributed by atoms with van der Waals surface area (Å²) in [6, 6.07) is 1.10. The number of unbranched alkanes of at least 4 members (excludes halogenated alkanes) is 1. The number of hydrogen-bond donors (Lipinski definition) is 2. The van der Waals surface area contributed by atoms with Crippen molar-refractivity contribution in [1.29, 1.82) is 0 Å². The molecule has 0 fully saturated rings. The fraction of sp³-hybridized carbons (Fsp3) is 1.00. The zero-order valence-corrected chi connectivity index (χ0v) is 12.4. The zero-order chi connectivity index (χ0) is 11.7. The zero-order valence-electron chi connectivity index (χ0n) is 11.4. The molecule has 0 aliphatic heterocycles. The third-order valence-corrected chi connectivity index (χ3v) is 7.38. The van der Waals surface area contributed by atoms with Crippen molar-refractivity contribution in [3.63, 3.8) is 0 Å². The van der Waals surface area contributed by atoms with Gasteiger partial charge in [-0.25, -0.2) is 0 Å².